The van der Waals surface area contributed by atoms with Gasteiger partial charge in [0, 0.05) is 43.4 Å². The van der Waals surface area contributed by atoms with E-state index in [-0.39, 0.29) is 30.0 Å². The van der Waals surface area contributed by atoms with E-state index < -0.39 is 4.92 Å². The molecule has 0 aliphatic heterocycles. The van der Waals surface area contributed by atoms with Gasteiger partial charge in [0.2, 0.25) is 5.91 Å². The van der Waals surface area contributed by atoms with E-state index in [0.717, 1.165) is 18.5 Å². The fourth-order valence-corrected chi connectivity index (χ4v) is 3.37. The number of amides is 1. The minimum Gasteiger partial charge on any atom is -0.385 e. The molecule has 8 heteroatoms. The summed E-state index contributed by atoms with van der Waals surface area (Å²) in [6.45, 7) is 1.14. The molecule has 0 spiro atoms. The molecular weight excluding hydrogens is 356 g/mol. The van der Waals surface area contributed by atoms with Crippen molar-refractivity contribution in [2.45, 2.75) is 51.0 Å². The smallest absolute Gasteiger partial charge is 0.269 e. The van der Waals surface area contributed by atoms with Crippen LogP contribution in [-0.2, 0) is 4.79 Å². The van der Waals surface area contributed by atoms with Crippen molar-refractivity contribution in [1.82, 2.24) is 5.32 Å². The van der Waals surface area contributed by atoms with Crippen molar-refractivity contribution in [2.24, 2.45) is 11.7 Å². The first-order chi connectivity index (χ1) is 12.1. The minimum absolute atomic E-state index is 0. The molecule has 0 heterocycles. The van der Waals surface area contributed by atoms with Gasteiger partial charge in [0.15, 0.2) is 0 Å². The van der Waals surface area contributed by atoms with Crippen LogP contribution in [0.3, 0.4) is 0 Å². The van der Waals surface area contributed by atoms with Gasteiger partial charge in [-0.3, -0.25) is 14.9 Å². The highest BCUT2D eigenvalue weighted by Gasteiger charge is 2.23. The van der Waals surface area contributed by atoms with Gasteiger partial charge in [-0.1, -0.05) is 19.3 Å². The van der Waals surface area contributed by atoms with Gasteiger partial charge >= 0.3 is 0 Å². The lowest BCUT2D eigenvalue weighted by Gasteiger charge is -2.30. The van der Waals surface area contributed by atoms with Crippen LogP contribution in [0.5, 0.6) is 0 Å². The second kappa shape index (κ2) is 11.7. The maximum absolute atomic E-state index is 12.1. The zero-order valence-electron chi connectivity index (χ0n) is 15.0. The Hall–Kier alpha value is -1.86. The van der Waals surface area contributed by atoms with Crippen LogP contribution in [0.1, 0.15) is 44.9 Å². The van der Waals surface area contributed by atoms with Crippen LogP contribution in [-0.4, -0.2) is 30.0 Å². The summed E-state index contributed by atoms with van der Waals surface area (Å²) in [6.07, 6.45) is 7.21. The van der Waals surface area contributed by atoms with E-state index in [2.05, 4.69) is 10.6 Å². The van der Waals surface area contributed by atoms with E-state index in [9.17, 15) is 14.9 Å². The molecule has 1 atom stereocenters. The van der Waals surface area contributed by atoms with Gasteiger partial charge in [-0.25, -0.2) is 0 Å². The van der Waals surface area contributed by atoms with E-state index in [1.165, 1.54) is 31.4 Å². The number of halogens is 1. The lowest BCUT2D eigenvalue weighted by Crippen LogP contribution is -2.45. The highest BCUT2D eigenvalue weighted by molar-refractivity contribution is 5.85. The van der Waals surface area contributed by atoms with Crippen LogP contribution in [0.25, 0.3) is 0 Å². The summed E-state index contributed by atoms with van der Waals surface area (Å²) in [5, 5.41) is 16.9. The summed E-state index contributed by atoms with van der Waals surface area (Å²) >= 11 is 0. The SMILES string of the molecule is Cl.NCC(NC(=O)CCCNc1ccc([N+](=O)[O-])cc1)C1CCCCC1. The second-order valence-electron chi connectivity index (χ2n) is 6.64. The third kappa shape index (κ3) is 7.17. The fourth-order valence-electron chi connectivity index (χ4n) is 3.37. The zero-order valence-corrected chi connectivity index (χ0v) is 15.8. The average molecular weight is 385 g/mol. The Balaban J connectivity index is 0.00000338. The molecule has 1 aliphatic carbocycles. The van der Waals surface area contributed by atoms with Crippen molar-refractivity contribution in [1.29, 1.82) is 0 Å². The third-order valence-electron chi connectivity index (χ3n) is 4.81. The number of benzene rings is 1. The number of carbonyl (C=O) groups excluding carboxylic acids is 1. The summed E-state index contributed by atoms with van der Waals surface area (Å²) in [4.78, 5) is 22.3. The van der Waals surface area contributed by atoms with Gasteiger partial charge in [-0.05, 0) is 37.3 Å². The average Bonchev–Trinajstić information content (AvgIpc) is 2.64. The summed E-state index contributed by atoms with van der Waals surface area (Å²) in [7, 11) is 0. The number of anilines is 1. The van der Waals surface area contributed by atoms with Crippen molar-refractivity contribution in [2.75, 3.05) is 18.4 Å². The van der Waals surface area contributed by atoms with Crippen molar-refractivity contribution in [3.05, 3.63) is 34.4 Å². The number of hydrogen-bond donors (Lipinski definition) is 3. The molecule has 1 amide bonds. The first kappa shape index (κ1) is 22.2. The third-order valence-corrected chi connectivity index (χ3v) is 4.81. The van der Waals surface area contributed by atoms with Gasteiger partial charge in [-0.2, -0.15) is 0 Å². The molecule has 0 aromatic heterocycles. The maximum atomic E-state index is 12.1. The Bertz CT molecular complexity index is 562. The molecule has 0 saturated heterocycles. The quantitative estimate of drug-likeness (QED) is 0.344. The van der Waals surface area contributed by atoms with Crippen LogP contribution in [0.2, 0.25) is 0 Å². The van der Waals surface area contributed by atoms with Crippen LogP contribution in [0.4, 0.5) is 11.4 Å². The fraction of sp³-hybridized carbons (Fsp3) is 0.611. The number of hydrogen-bond acceptors (Lipinski definition) is 5. The summed E-state index contributed by atoms with van der Waals surface area (Å²) in [6, 6.07) is 6.36. The molecular formula is C18H29ClN4O3. The van der Waals surface area contributed by atoms with Crippen LogP contribution in [0, 0.1) is 16.0 Å². The minimum atomic E-state index is -0.422. The van der Waals surface area contributed by atoms with E-state index in [1.54, 1.807) is 12.1 Å². The van der Waals surface area contributed by atoms with E-state index in [1.807, 2.05) is 0 Å². The van der Waals surface area contributed by atoms with Crippen molar-refractivity contribution < 1.29 is 9.72 Å². The normalized spacial score (nSPS) is 15.6. The number of carbonyl (C=O) groups is 1. The number of rotatable bonds is 9. The largest absolute Gasteiger partial charge is 0.385 e. The molecule has 1 aromatic carbocycles. The monoisotopic (exact) mass is 384 g/mol. The van der Waals surface area contributed by atoms with Crippen molar-refractivity contribution in [3.63, 3.8) is 0 Å². The van der Waals surface area contributed by atoms with Crippen LogP contribution < -0.4 is 16.4 Å². The van der Waals surface area contributed by atoms with E-state index in [0.29, 0.717) is 31.8 Å². The first-order valence-corrected chi connectivity index (χ1v) is 9.08. The van der Waals surface area contributed by atoms with E-state index in [4.69, 9.17) is 5.73 Å². The van der Waals surface area contributed by atoms with Gasteiger partial charge in [-0.15, -0.1) is 12.4 Å². The number of non-ortho nitro benzene ring substituents is 1. The molecule has 1 aliphatic rings. The summed E-state index contributed by atoms with van der Waals surface area (Å²) in [5.74, 6) is 0.562. The van der Waals surface area contributed by atoms with Crippen LogP contribution >= 0.6 is 12.4 Å². The number of nitrogens with one attached hydrogen (secondary N) is 2. The molecule has 0 bridgehead atoms. The molecule has 1 saturated carbocycles. The standard InChI is InChI=1S/C18H28N4O3.ClH/c19-13-17(14-5-2-1-3-6-14)21-18(23)7-4-12-20-15-8-10-16(11-9-15)22(24)25;/h8-11,14,17,20H,1-7,12-13,19H2,(H,21,23);1H. The zero-order chi connectivity index (χ0) is 18.1. The van der Waals surface area contributed by atoms with Crippen molar-refractivity contribution >= 4 is 29.7 Å². The molecule has 4 N–H and O–H groups in total. The molecule has 0 radical (unpaired) electrons. The second-order valence-corrected chi connectivity index (χ2v) is 6.64. The van der Waals surface area contributed by atoms with Crippen LogP contribution in [0.15, 0.2) is 24.3 Å². The number of nitrogens with zero attached hydrogens (tertiary/aromatic N) is 1. The predicted molar refractivity (Wildman–Crippen MR) is 106 cm³/mol. The lowest BCUT2D eigenvalue weighted by molar-refractivity contribution is -0.384. The number of nitrogens with two attached hydrogens (primary N) is 1. The van der Waals surface area contributed by atoms with Gasteiger partial charge in [0.25, 0.3) is 5.69 Å². The molecule has 1 aromatic rings. The van der Waals surface area contributed by atoms with E-state index >= 15 is 0 Å². The Morgan fingerprint density at radius 3 is 2.46 bits per heavy atom. The Labute approximate surface area is 160 Å². The number of nitro benzene ring substituents is 1. The van der Waals surface area contributed by atoms with Gasteiger partial charge < -0.3 is 16.4 Å². The summed E-state index contributed by atoms with van der Waals surface area (Å²) in [5.41, 5.74) is 6.72. The maximum Gasteiger partial charge on any atom is 0.269 e. The Morgan fingerprint density at radius 2 is 1.88 bits per heavy atom. The first-order valence-electron chi connectivity index (χ1n) is 9.08. The Kier molecular flexibility index (Phi) is 9.98. The number of nitro groups is 1. The molecule has 7 nitrogen and oxygen atoms in total. The Morgan fingerprint density at radius 1 is 1.23 bits per heavy atom. The molecule has 1 fully saturated rings. The topological polar surface area (TPSA) is 110 Å². The molecule has 1 unspecified atom stereocenters. The highest BCUT2D eigenvalue weighted by atomic mass is 35.5. The van der Waals surface area contributed by atoms with Gasteiger partial charge in [0.05, 0.1) is 4.92 Å². The predicted octanol–water partition coefficient (Wildman–Crippen LogP) is 3.23. The van der Waals surface area contributed by atoms with Crippen molar-refractivity contribution in [3.8, 4) is 0 Å². The summed E-state index contributed by atoms with van der Waals surface area (Å²) < 4.78 is 0. The molecule has 2 rings (SSSR count). The molecule has 146 valence electrons. The van der Waals surface area contributed by atoms with Gasteiger partial charge in [0.1, 0.15) is 0 Å². The highest BCUT2D eigenvalue weighted by Crippen LogP contribution is 2.26. The lowest BCUT2D eigenvalue weighted by atomic mass is 9.84. The molecule has 26 heavy (non-hydrogen) atoms.